The zero-order chi connectivity index (χ0) is 12.4. The van der Waals surface area contributed by atoms with Crippen molar-refractivity contribution in [2.24, 2.45) is 0 Å². The van der Waals surface area contributed by atoms with Gasteiger partial charge in [-0.3, -0.25) is 9.78 Å². The Labute approximate surface area is 101 Å². The van der Waals surface area contributed by atoms with Crippen molar-refractivity contribution >= 4 is 16.9 Å². The molecular weight excluding hydrogens is 234 g/mol. The molecule has 7 nitrogen and oxygen atoms in total. The average molecular weight is 243 g/mol. The molecule has 7 heteroatoms. The van der Waals surface area contributed by atoms with Crippen molar-refractivity contribution in [3.05, 3.63) is 42.2 Å². The number of hydrogen-bond acceptors (Lipinski definition) is 5. The van der Waals surface area contributed by atoms with Gasteiger partial charge >= 0.3 is 0 Å². The lowest BCUT2D eigenvalue weighted by Crippen LogP contribution is -2.23. The Kier molecular flexibility index (Phi) is 2.49. The summed E-state index contributed by atoms with van der Waals surface area (Å²) in [6.07, 6.45) is 4.67. The van der Waals surface area contributed by atoms with Crippen LogP contribution >= 0.6 is 0 Å². The van der Waals surface area contributed by atoms with Gasteiger partial charge in [0, 0.05) is 17.6 Å². The van der Waals surface area contributed by atoms with Gasteiger partial charge < -0.3 is 9.73 Å². The summed E-state index contributed by atoms with van der Waals surface area (Å²) in [5.41, 5.74) is 1.71. The summed E-state index contributed by atoms with van der Waals surface area (Å²) in [6, 6.07) is 3.62. The number of aromatic amines is 1. The van der Waals surface area contributed by atoms with Crippen LogP contribution in [0, 0.1) is 0 Å². The molecule has 0 unspecified atom stereocenters. The van der Waals surface area contributed by atoms with Crippen LogP contribution in [-0.4, -0.2) is 26.3 Å². The summed E-state index contributed by atoms with van der Waals surface area (Å²) in [4.78, 5) is 15.8. The minimum absolute atomic E-state index is 0.245. The van der Waals surface area contributed by atoms with E-state index in [0.717, 1.165) is 11.0 Å². The van der Waals surface area contributed by atoms with Gasteiger partial charge in [0.25, 0.3) is 5.91 Å². The Morgan fingerprint density at radius 3 is 3.22 bits per heavy atom. The number of hydrogen-bond donors (Lipinski definition) is 2. The molecule has 3 heterocycles. The van der Waals surface area contributed by atoms with E-state index in [1.165, 1.54) is 6.20 Å². The van der Waals surface area contributed by atoms with Gasteiger partial charge in [0.15, 0.2) is 5.69 Å². The van der Waals surface area contributed by atoms with Gasteiger partial charge in [-0.05, 0) is 6.07 Å². The number of fused-ring (bicyclic) bond motifs is 1. The maximum absolute atomic E-state index is 11.6. The predicted molar refractivity (Wildman–Crippen MR) is 61.6 cm³/mol. The molecule has 0 fully saturated rings. The van der Waals surface area contributed by atoms with Gasteiger partial charge in [-0.25, -0.2) is 0 Å². The van der Waals surface area contributed by atoms with Gasteiger partial charge in [-0.2, -0.15) is 15.4 Å². The SMILES string of the molecule is O=C(NCc1cc2occc2cn1)c1cn[nH]n1. The first-order valence-corrected chi connectivity index (χ1v) is 5.29. The molecule has 0 spiro atoms. The lowest BCUT2D eigenvalue weighted by Gasteiger charge is -2.02. The second-order valence-electron chi connectivity index (χ2n) is 3.67. The Morgan fingerprint density at radius 1 is 1.44 bits per heavy atom. The molecule has 0 aliphatic rings. The maximum atomic E-state index is 11.6. The highest BCUT2D eigenvalue weighted by Crippen LogP contribution is 2.14. The molecule has 0 aromatic carbocycles. The molecule has 1 amide bonds. The van der Waals surface area contributed by atoms with E-state index >= 15 is 0 Å². The van der Waals surface area contributed by atoms with E-state index in [1.54, 1.807) is 18.5 Å². The monoisotopic (exact) mass is 243 g/mol. The summed E-state index contributed by atoms with van der Waals surface area (Å²) < 4.78 is 5.26. The van der Waals surface area contributed by atoms with Crippen LogP contribution in [0.15, 0.2) is 35.2 Å². The fraction of sp³-hybridized carbons (Fsp3) is 0.0909. The van der Waals surface area contributed by atoms with Crippen LogP contribution in [0.5, 0.6) is 0 Å². The van der Waals surface area contributed by atoms with E-state index < -0.39 is 0 Å². The van der Waals surface area contributed by atoms with Crippen LogP contribution in [0.2, 0.25) is 0 Å². The third-order valence-electron chi connectivity index (χ3n) is 2.47. The number of furan rings is 1. The van der Waals surface area contributed by atoms with Crippen molar-refractivity contribution in [3.8, 4) is 0 Å². The number of aromatic nitrogens is 4. The molecule has 3 aromatic rings. The molecule has 18 heavy (non-hydrogen) atoms. The number of rotatable bonds is 3. The number of carbonyl (C=O) groups is 1. The van der Waals surface area contributed by atoms with E-state index in [4.69, 9.17) is 4.42 Å². The number of nitrogens with one attached hydrogen (secondary N) is 2. The third-order valence-corrected chi connectivity index (χ3v) is 2.47. The fourth-order valence-corrected chi connectivity index (χ4v) is 1.56. The highest BCUT2D eigenvalue weighted by molar-refractivity contribution is 5.91. The van der Waals surface area contributed by atoms with Crippen LogP contribution in [-0.2, 0) is 6.54 Å². The smallest absolute Gasteiger partial charge is 0.273 e. The second-order valence-corrected chi connectivity index (χ2v) is 3.67. The summed E-state index contributed by atoms with van der Waals surface area (Å²) in [5, 5.41) is 13.3. The lowest BCUT2D eigenvalue weighted by molar-refractivity contribution is 0.0945. The van der Waals surface area contributed by atoms with E-state index in [1.807, 2.05) is 6.07 Å². The predicted octanol–water partition coefficient (Wildman–Crippen LogP) is 0.876. The summed E-state index contributed by atoms with van der Waals surface area (Å²) in [7, 11) is 0. The quantitative estimate of drug-likeness (QED) is 0.711. The fourth-order valence-electron chi connectivity index (χ4n) is 1.56. The van der Waals surface area contributed by atoms with E-state index in [2.05, 4.69) is 25.7 Å². The Bertz CT molecular complexity index is 674. The van der Waals surface area contributed by atoms with Crippen LogP contribution in [0.4, 0.5) is 0 Å². The topological polar surface area (TPSA) is 96.7 Å². The minimum atomic E-state index is -0.301. The maximum Gasteiger partial charge on any atom is 0.273 e. The number of H-pyrrole nitrogens is 1. The summed E-state index contributed by atoms with van der Waals surface area (Å²) in [6.45, 7) is 0.308. The first kappa shape index (κ1) is 10.5. The molecule has 0 radical (unpaired) electrons. The lowest BCUT2D eigenvalue weighted by atomic mass is 10.3. The molecule has 90 valence electrons. The van der Waals surface area contributed by atoms with Crippen molar-refractivity contribution in [1.29, 1.82) is 0 Å². The molecule has 0 saturated carbocycles. The van der Waals surface area contributed by atoms with Gasteiger partial charge in [0.2, 0.25) is 0 Å². The van der Waals surface area contributed by atoms with Gasteiger partial charge in [-0.1, -0.05) is 0 Å². The zero-order valence-corrected chi connectivity index (χ0v) is 9.25. The molecule has 0 aliphatic carbocycles. The third kappa shape index (κ3) is 1.93. The van der Waals surface area contributed by atoms with E-state index in [9.17, 15) is 4.79 Å². The highest BCUT2D eigenvalue weighted by Gasteiger charge is 2.08. The Morgan fingerprint density at radius 2 is 2.39 bits per heavy atom. The largest absolute Gasteiger partial charge is 0.464 e. The number of amides is 1. The number of nitrogens with zero attached hydrogens (tertiary/aromatic N) is 3. The molecular formula is C11H9N5O2. The molecule has 0 atom stereocenters. The summed E-state index contributed by atoms with van der Waals surface area (Å²) >= 11 is 0. The van der Waals surface area contributed by atoms with Gasteiger partial charge in [0.05, 0.1) is 24.7 Å². The second kappa shape index (κ2) is 4.28. The van der Waals surface area contributed by atoms with Gasteiger partial charge in [-0.15, -0.1) is 0 Å². The van der Waals surface area contributed by atoms with Crippen LogP contribution in [0.3, 0.4) is 0 Å². The number of pyridine rings is 1. The molecule has 3 rings (SSSR count). The summed E-state index contributed by atoms with van der Waals surface area (Å²) in [5.74, 6) is -0.301. The van der Waals surface area contributed by atoms with Crippen LogP contribution < -0.4 is 5.32 Å². The standard InChI is InChI=1S/C11H9N5O2/c17-11(9-6-14-16-15-9)13-5-8-3-10-7(4-12-8)1-2-18-10/h1-4,6H,5H2,(H,13,17)(H,14,15,16). The molecule has 0 bridgehead atoms. The zero-order valence-electron chi connectivity index (χ0n) is 9.25. The van der Waals surface area contributed by atoms with Gasteiger partial charge in [0.1, 0.15) is 5.58 Å². The van der Waals surface area contributed by atoms with Crippen molar-refractivity contribution < 1.29 is 9.21 Å². The van der Waals surface area contributed by atoms with Crippen molar-refractivity contribution in [2.45, 2.75) is 6.54 Å². The van der Waals surface area contributed by atoms with Crippen molar-refractivity contribution in [3.63, 3.8) is 0 Å². The van der Waals surface area contributed by atoms with Crippen LogP contribution in [0.1, 0.15) is 16.2 Å². The van der Waals surface area contributed by atoms with E-state index in [0.29, 0.717) is 12.2 Å². The van der Waals surface area contributed by atoms with Crippen LogP contribution in [0.25, 0.3) is 11.0 Å². The molecule has 2 N–H and O–H groups in total. The highest BCUT2D eigenvalue weighted by atomic mass is 16.3. The molecule has 0 aliphatic heterocycles. The first-order valence-electron chi connectivity index (χ1n) is 5.29. The first-order chi connectivity index (χ1) is 8.83. The Balaban J connectivity index is 1.71. The Hall–Kier alpha value is -2.70. The average Bonchev–Trinajstić information content (AvgIpc) is 3.05. The van der Waals surface area contributed by atoms with Crippen molar-refractivity contribution in [1.82, 2.24) is 25.7 Å². The minimum Gasteiger partial charge on any atom is -0.464 e. The van der Waals surface area contributed by atoms with E-state index in [-0.39, 0.29) is 11.6 Å². The molecule has 0 saturated heterocycles. The van der Waals surface area contributed by atoms with Crippen molar-refractivity contribution in [2.75, 3.05) is 0 Å². The molecule has 3 aromatic heterocycles. The number of carbonyl (C=O) groups excluding carboxylic acids is 1. The normalized spacial score (nSPS) is 10.7.